The summed E-state index contributed by atoms with van der Waals surface area (Å²) in [5, 5.41) is 4.25. The molecule has 1 unspecified atom stereocenters. The second-order valence-corrected chi connectivity index (χ2v) is 9.14. The number of fused-ring (bicyclic) bond motifs is 1. The maximum Gasteiger partial charge on any atom is 0.291 e. The summed E-state index contributed by atoms with van der Waals surface area (Å²) in [6.45, 7) is 1.17. The molecule has 0 saturated carbocycles. The SMILES string of the molecule is O=c1c(Cl)c(N2CCc3c(ncn3Cc3ccc(F)cc3C(F)F)C2)cnn1PI. The zero-order chi connectivity index (χ0) is 21.4. The van der Waals surface area contributed by atoms with Crippen molar-refractivity contribution in [3.63, 3.8) is 0 Å². The Morgan fingerprint density at radius 2 is 2.13 bits per heavy atom. The van der Waals surface area contributed by atoms with Crippen molar-refractivity contribution < 1.29 is 13.2 Å². The third-order valence-corrected chi connectivity index (χ3v) is 7.20. The molecule has 3 aromatic rings. The topological polar surface area (TPSA) is 56.0 Å². The van der Waals surface area contributed by atoms with Crippen LogP contribution in [0.1, 0.15) is 28.9 Å². The summed E-state index contributed by atoms with van der Waals surface area (Å²) in [6, 6.07) is 3.44. The number of imidazole rings is 1. The lowest BCUT2D eigenvalue weighted by atomic mass is 10.1. The van der Waals surface area contributed by atoms with E-state index >= 15 is 0 Å². The van der Waals surface area contributed by atoms with Crippen molar-refractivity contribution in [2.45, 2.75) is 25.9 Å². The smallest absolute Gasteiger partial charge is 0.291 e. The van der Waals surface area contributed by atoms with Crippen molar-refractivity contribution in [3.05, 3.63) is 74.4 Å². The molecule has 0 N–H and O–H groups in total. The van der Waals surface area contributed by atoms with Gasteiger partial charge >= 0.3 is 0 Å². The van der Waals surface area contributed by atoms with Crippen LogP contribution in [0.3, 0.4) is 0 Å². The fourth-order valence-corrected chi connectivity index (χ4v) is 5.15. The fourth-order valence-electron chi connectivity index (χ4n) is 3.51. The normalized spacial score (nSPS) is 14.1. The zero-order valence-electron chi connectivity index (χ0n) is 15.3. The third kappa shape index (κ3) is 4.09. The Kier molecular flexibility index (Phi) is 6.36. The molecule has 0 bridgehead atoms. The summed E-state index contributed by atoms with van der Waals surface area (Å²) in [7, 11) is 0. The van der Waals surface area contributed by atoms with Crippen molar-refractivity contribution in [3.8, 4) is 0 Å². The number of hydrogen-bond acceptors (Lipinski definition) is 4. The van der Waals surface area contributed by atoms with Crippen LogP contribution in [0, 0.1) is 5.82 Å². The average molecular weight is 568 g/mol. The minimum Gasteiger partial charge on any atom is -0.362 e. The molecule has 0 aliphatic carbocycles. The van der Waals surface area contributed by atoms with Gasteiger partial charge in [-0.1, -0.05) is 17.7 Å². The molecule has 2 aromatic heterocycles. The van der Waals surface area contributed by atoms with Crippen LogP contribution in [0.15, 0.2) is 35.5 Å². The van der Waals surface area contributed by atoms with E-state index in [1.807, 2.05) is 4.90 Å². The van der Waals surface area contributed by atoms with Crippen LogP contribution in [0.2, 0.25) is 5.02 Å². The number of aromatic nitrogens is 4. The number of nitrogens with zero attached hydrogens (tertiary/aromatic N) is 5. The quantitative estimate of drug-likeness (QED) is 0.335. The van der Waals surface area contributed by atoms with Gasteiger partial charge in [0.05, 0.1) is 36.8 Å². The average Bonchev–Trinajstić information content (AvgIpc) is 3.13. The fraction of sp³-hybridized carbons (Fsp3) is 0.278. The number of alkyl halides is 2. The standard InChI is InChI=1S/C18H15ClF3IN5OP/c19-16-15(6-25-28(30-23)18(16)29)26-4-3-14-13(8-26)24-9-27(14)7-10-1-2-11(20)5-12(10)17(21)22/h1-2,5-6,9,17,30H,3-4,7-8H2. The monoisotopic (exact) mass is 567 g/mol. The van der Waals surface area contributed by atoms with Gasteiger partial charge in [0, 0.05) is 30.8 Å². The van der Waals surface area contributed by atoms with Crippen LogP contribution in [0.25, 0.3) is 0 Å². The van der Waals surface area contributed by atoms with E-state index in [1.54, 1.807) is 17.1 Å². The van der Waals surface area contributed by atoms with Crippen LogP contribution in [-0.2, 0) is 19.5 Å². The number of rotatable bonds is 5. The van der Waals surface area contributed by atoms with Gasteiger partial charge in [0.2, 0.25) is 0 Å². The maximum absolute atomic E-state index is 13.4. The van der Waals surface area contributed by atoms with Crippen LogP contribution >= 0.6 is 40.0 Å². The molecule has 1 aliphatic rings. The van der Waals surface area contributed by atoms with Gasteiger partial charge in [0.15, 0.2) is 0 Å². The van der Waals surface area contributed by atoms with E-state index in [-0.39, 0.29) is 29.1 Å². The number of hydrogen-bond donors (Lipinski definition) is 0. The summed E-state index contributed by atoms with van der Waals surface area (Å²) >= 11 is 8.33. The molecule has 0 spiro atoms. The van der Waals surface area contributed by atoms with E-state index in [0.29, 0.717) is 30.8 Å². The summed E-state index contributed by atoms with van der Waals surface area (Å²) in [4.78, 5) is 18.6. The second-order valence-electron chi connectivity index (χ2n) is 6.73. The summed E-state index contributed by atoms with van der Waals surface area (Å²) in [6.07, 6.45) is 1.16. The highest BCUT2D eigenvalue weighted by Gasteiger charge is 2.25. The van der Waals surface area contributed by atoms with Crippen LogP contribution in [-0.4, -0.2) is 25.6 Å². The van der Waals surface area contributed by atoms with E-state index < -0.39 is 12.2 Å². The van der Waals surface area contributed by atoms with Gasteiger partial charge in [0.25, 0.3) is 12.0 Å². The van der Waals surface area contributed by atoms with Crippen molar-refractivity contribution >= 4 is 45.7 Å². The summed E-state index contributed by atoms with van der Waals surface area (Å²) in [5.74, 6) is -0.687. The highest BCUT2D eigenvalue weighted by atomic mass is 127. The molecule has 1 aliphatic heterocycles. The Bertz CT molecular complexity index is 1160. The van der Waals surface area contributed by atoms with Gasteiger partial charge in [-0.05, 0) is 39.7 Å². The lowest BCUT2D eigenvalue weighted by Crippen LogP contribution is -2.33. The predicted molar refractivity (Wildman–Crippen MR) is 119 cm³/mol. The molecule has 1 aromatic carbocycles. The molecule has 30 heavy (non-hydrogen) atoms. The van der Waals surface area contributed by atoms with E-state index in [4.69, 9.17) is 11.6 Å². The Balaban J connectivity index is 1.59. The van der Waals surface area contributed by atoms with Gasteiger partial charge in [0.1, 0.15) is 10.8 Å². The van der Waals surface area contributed by atoms with E-state index in [2.05, 4.69) is 32.1 Å². The number of benzene rings is 1. The maximum atomic E-state index is 13.4. The summed E-state index contributed by atoms with van der Waals surface area (Å²) in [5.41, 5.74) is 1.94. The van der Waals surface area contributed by atoms with Crippen molar-refractivity contribution in [1.82, 2.24) is 19.1 Å². The predicted octanol–water partition coefficient (Wildman–Crippen LogP) is 4.57. The molecule has 3 heterocycles. The Hall–Kier alpha value is -1.65. The lowest BCUT2D eigenvalue weighted by Gasteiger charge is -2.29. The Morgan fingerprint density at radius 1 is 1.33 bits per heavy atom. The highest BCUT2D eigenvalue weighted by Crippen LogP contribution is 2.30. The van der Waals surface area contributed by atoms with Gasteiger partial charge in [-0.15, -0.1) is 0 Å². The first kappa shape index (κ1) is 21.6. The van der Waals surface area contributed by atoms with Crippen LogP contribution in [0.5, 0.6) is 0 Å². The van der Waals surface area contributed by atoms with Crippen LogP contribution < -0.4 is 10.5 Å². The lowest BCUT2D eigenvalue weighted by molar-refractivity contribution is 0.149. The minimum atomic E-state index is -2.76. The van der Waals surface area contributed by atoms with E-state index in [9.17, 15) is 18.0 Å². The van der Waals surface area contributed by atoms with Gasteiger partial charge in [-0.2, -0.15) is 5.10 Å². The molecular weight excluding hydrogens is 553 g/mol. The molecule has 0 amide bonds. The van der Waals surface area contributed by atoms with Crippen molar-refractivity contribution in [1.29, 1.82) is 0 Å². The first-order chi connectivity index (χ1) is 14.4. The first-order valence-corrected chi connectivity index (χ1v) is 13.3. The molecule has 158 valence electrons. The highest BCUT2D eigenvalue weighted by molar-refractivity contribution is 14.2. The van der Waals surface area contributed by atoms with E-state index in [0.717, 1.165) is 17.5 Å². The van der Waals surface area contributed by atoms with Crippen molar-refractivity contribution in [2.24, 2.45) is 0 Å². The Morgan fingerprint density at radius 3 is 2.87 bits per heavy atom. The zero-order valence-corrected chi connectivity index (χ0v) is 19.2. The molecule has 0 radical (unpaired) electrons. The molecule has 4 rings (SSSR count). The van der Waals surface area contributed by atoms with Gasteiger partial charge < -0.3 is 9.47 Å². The van der Waals surface area contributed by atoms with E-state index in [1.165, 1.54) is 16.6 Å². The molecule has 1 atom stereocenters. The molecule has 12 heteroatoms. The number of halogens is 5. The number of anilines is 1. The Labute approximate surface area is 189 Å². The van der Waals surface area contributed by atoms with Gasteiger partial charge in [-0.3, -0.25) is 4.79 Å². The molecular formula is C18H15ClF3IN5OP. The molecule has 6 nitrogen and oxygen atoms in total. The third-order valence-electron chi connectivity index (χ3n) is 5.00. The van der Waals surface area contributed by atoms with Gasteiger partial charge in [-0.25, -0.2) is 22.6 Å². The second kappa shape index (κ2) is 8.84. The minimum absolute atomic E-state index is 0.116. The largest absolute Gasteiger partial charge is 0.362 e. The molecule has 0 fully saturated rings. The summed E-state index contributed by atoms with van der Waals surface area (Å²) < 4.78 is 43.1. The van der Waals surface area contributed by atoms with Crippen LogP contribution in [0.4, 0.5) is 18.9 Å². The van der Waals surface area contributed by atoms with Crippen molar-refractivity contribution in [2.75, 3.05) is 11.4 Å². The molecule has 0 saturated heterocycles. The first-order valence-electron chi connectivity index (χ1n) is 8.87.